The molecule has 1 aliphatic heterocycles. The fourth-order valence-electron chi connectivity index (χ4n) is 3.46. The minimum absolute atomic E-state index is 0.150. The summed E-state index contributed by atoms with van der Waals surface area (Å²) in [7, 11) is 0. The molecule has 0 saturated heterocycles. The number of H-pyrrole nitrogens is 1. The number of aromatic nitrogens is 5. The van der Waals surface area contributed by atoms with E-state index in [9.17, 15) is 4.79 Å². The van der Waals surface area contributed by atoms with Gasteiger partial charge in [-0.25, -0.2) is 24.3 Å². The fraction of sp³-hybridized carbons (Fsp3) is 0.200. The van der Waals surface area contributed by atoms with Crippen LogP contribution in [0.25, 0.3) is 17.0 Å². The number of hydrogen-bond donors (Lipinski definition) is 1. The van der Waals surface area contributed by atoms with Gasteiger partial charge >= 0.3 is 5.69 Å². The molecule has 0 atom stereocenters. The van der Waals surface area contributed by atoms with E-state index in [2.05, 4.69) is 33.8 Å². The van der Waals surface area contributed by atoms with Crippen molar-refractivity contribution in [2.24, 2.45) is 0 Å². The number of benzene rings is 1. The van der Waals surface area contributed by atoms with Crippen LogP contribution in [0.15, 0.2) is 53.7 Å². The highest BCUT2D eigenvalue weighted by atomic mass is 16.5. The van der Waals surface area contributed by atoms with Gasteiger partial charge in [-0.15, -0.1) is 0 Å². The monoisotopic (exact) mass is 375 g/mol. The zero-order chi connectivity index (χ0) is 19.3. The Morgan fingerprint density at radius 3 is 2.86 bits per heavy atom. The van der Waals surface area contributed by atoms with Gasteiger partial charge in [0.1, 0.15) is 11.5 Å². The molecule has 4 aromatic rings. The Morgan fingerprint density at radius 1 is 1.14 bits per heavy atom. The molecule has 1 N–H and O–H groups in total. The average Bonchev–Trinajstić information content (AvgIpc) is 3.19. The Balaban J connectivity index is 1.50. The largest absolute Gasteiger partial charge is 0.492 e. The Bertz CT molecular complexity index is 1240. The zero-order valence-corrected chi connectivity index (χ0v) is 15.3. The lowest BCUT2D eigenvalue weighted by molar-refractivity contribution is 0.290. The van der Waals surface area contributed by atoms with Crippen LogP contribution in [0, 0.1) is 0 Å². The summed E-state index contributed by atoms with van der Waals surface area (Å²) >= 11 is 0. The van der Waals surface area contributed by atoms with Crippen molar-refractivity contribution in [3.05, 3.63) is 65.0 Å². The minimum atomic E-state index is -0.323. The van der Waals surface area contributed by atoms with Crippen molar-refractivity contribution < 1.29 is 9.47 Å². The summed E-state index contributed by atoms with van der Waals surface area (Å²) in [4.78, 5) is 27.9. The highest BCUT2D eigenvalue weighted by molar-refractivity contribution is 5.71. The SMILES string of the molecule is CC1(C)COc2cccc(Oc3cnc(-n4c(=O)[nH]c5cccnc54)cn3)c21. The normalized spacial score (nSPS) is 14.6. The molecule has 0 amide bonds. The molecule has 0 spiro atoms. The molecule has 1 aromatic carbocycles. The predicted octanol–water partition coefficient (Wildman–Crippen LogP) is 2.97. The third-order valence-corrected chi connectivity index (χ3v) is 4.75. The molecule has 8 heteroatoms. The van der Waals surface area contributed by atoms with E-state index in [4.69, 9.17) is 9.47 Å². The molecule has 0 saturated carbocycles. The van der Waals surface area contributed by atoms with E-state index in [1.807, 2.05) is 18.2 Å². The minimum Gasteiger partial charge on any atom is -0.492 e. The van der Waals surface area contributed by atoms with Gasteiger partial charge in [0.2, 0.25) is 5.88 Å². The molecule has 8 nitrogen and oxygen atoms in total. The van der Waals surface area contributed by atoms with Crippen LogP contribution in [0.3, 0.4) is 0 Å². The maximum atomic E-state index is 12.3. The Morgan fingerprint density at radius 2 is 2.04 bits per heavy atom. The van der Waals surface area contributed by atoms with Gasteiger partial charge in [0.15, 0.2) is 11.5 Å². The first-order chi connectivity index (χ1) is 13.5. The molecule has 5 rings (SSSR count). The highest BCUT2D eigenvalue weighted by Crippen LogP contribution is 2.45. The molecule has 1 aliphatic rings. The quantitative estimate of drug-likeness (QED) is 0.592. The van der Waals surface area contributed by atoms with Crippen LogP contribution in [0.1, 0.15) is 19.4 Å². The van der Waals surface area contributed by atoms with Crippen LogP contribution >= 0.6 is 0 Å². The molecular weight excluding hydrogens is 358 g/mol. The number of nitrogens with zero attached hydrogens (tertiary/aromatic N) is 4. The maximum absolute atomic E-state index is 12.3. The summed E-state index contributed by atoms with van der Waals surface area (Å²) in [6.45, 7) is 4.82. The number of nitrogens with one attached hydrogen (secondary N) is 1. The molecule has 0 radical (unpaired) electrons. The lowest BCUT2D eigenvalue weighted by Crippen LogP contribution is -2.19. The van der Waals surface area contributed by atoms with E-state index >= 15 is 0 Å². The first kappa shape index (κ1) is 16.5. The smallest absolute Gasteiger partial charge is 0.333 e. The van der Waals surface area contributed by atoms with E-state index in [1.54, 1.807) is 18.3 Å². The van der Waals surface area contributed by atoms with Gasteiger partial charge in [-0.3, -0.25) is 0 Å². The van der Waals surface area contributed by atoms with Crippen molar-refractivity contribution in [3.63, 3.8) is 0 Å². The first-order valence-electron chi connectivity index (χ1n) is 8.85. The third-order valence-electron chi connectivity index (χ3n) is 4.75. The molecular formula is C20H17N5O3. The fourth-order valence-corrected chi connectivity index (χ4v) is 3.46. The summed E-state index contributed by atoms with van der Waals surface area (Å²) in [5.74, 6) is 2.21. The van der Waals surface area contributed by atoms with Crippen molar-refractivity contribution in [1.29, 1.82) is 0 Å². The average molecular weight is 375 g/mol. The molecule has 0 unspecified atom stereocenters. The molecule has 0 bridgehead atoms. The zero-order valence-electron chi connectivity index (χ0n) is 15.3. The maximum Gasteiger partial charge on any atom is 0.333 e. The van der Waals surface area contributed by atoms with Crippen LogP contribution in [0.5, 0.6) is 17.4 Å². The van der Waals surface area contributed by atoms with Gasteiger partial charge in [-0.1, -0.05) is 19.9 Å². The topological polar surface area (TPSA) is 94.9 Å². The Hall–Kier alpha value is -3.68. The molecule has 0 fully saturated rings. The van der Waals surface area contributed by atoms with Gasteiger partial charge in [0.25, 0.3) is 0 Å². The van der Waals surface area contributed by atoms with E-state index in [-0.39, 0.29) is 11.1 Å². The van der Waals surface area contributed by atoms with Crippen molar-refractivity contribution in [2.45, 2.75) is 19.3 Å². The van der Waals surface area contributed by atoms with Crippen molar-refractivity contribution >= 4 is 11.2 Å². The predicted molar refractivity (Wildman–Crippen MR) is 102 cm³/mol. The van der Waals surface area contributed by atoms with Crippen LogP contribution in [-0.2, 0) is 5.41 Å². The third kappa shape index (κ3) is 2.53. The second-order valence-corrected chi connectivity index (χ2v) is 7.26. The first-order valence-corrected chi connectivity index (χ1v) is 8.85. The summed E-state index contributed by atoms with van der Waals surface area (Å²) in [6, 6.07) is 9.25. The van der Waals surface area contributed by atoms with Gasteiger partial charge in [-0.2, -0.15) is 0 Å². The summed E-state index contributed by atoms with van der Waals surface area (Å²) < 4.78 is 13.1. The van der Waals surface area contributed by atoms with Gasteiger partial charge in [0, 0.05) is 17.2 Å². The summed E-state index contributed by atoms with van der Waals surface area (Å²) in [5, 5.41) is 0. The number of imidazole rings is 1. The number of hydrogen-bond acceptors (Lipinski definition) is 6. The molecule has 3 aromatic heterocycles. The molecule has 140 valence electrons. The van der Waals surface area contributed by atoms with E-state index in [0.717, 1.165) is 11.3 Å². The van der Waals surface area contributed by atoms with Crippen LogP contribution in [-0.4, -0.2) is 31.1 Å². The summed E-state index contributed by atoms with van der Waals surface area (Å²) in [6.07, 6.45) is 4.60. The number of pyridine rings is 1. The number of aromatic amines is 1. The second kappa shape index (κ2) is 5.91. The van der Waals surface area contributed by atoms with Gasteiger partial charge < -0.3 is 14.5 Å². The van der Waals surface area contributed by atoms with Crippen LogP contribution < -0.4 is 15.2 Å². The van der Waals surface area contributed by atoms with E-state index in [0.29, 0.717) is 35.2 Å². The number of rotatable bonds is 3. The van der Waals surface area contributed by atoms with E-state index in [1.165, 1.54) is 17.0 Å². The summed E-state index contributed by atoms with van der Waals surface area (Å²) in [5.41, 5.74) is 1.67. The lowest BCUT2D eigenvalue weighted by atomic mass is 9.86. The van der Waals surface area contributed by atoms with Crippen molar-refractivity contribution in [2.75, 3.05) is 6.61 Å². The highest BCUT2D eigenvalue weighted by Gasteiger charge is 2.35. The van der Waals surface area contributed by atoms with Crippen LogP contribution in [0.2, 0.25) is 0 Å². The van der Waals surface area contributed by atoms with Gasteiger partial charge in [-0.05, 0) is 24.3 Å². The van der Waals surface area contributed by atoms with Crippen molar-refractivity contribution in [1.82, 2.24) is 24.5 Å². The molecule has 0 aliphatic carbocycles. The standard InChI is InChI=1S/C20H17N5O3/c1-20(2)11-27-13-6-3-7-14(17(13)20)28-16-10-22-15(9-23-16)25-18-12(24-19(25)26)5-4-8-21-18/h3-10H,11H2,1-2H3,(H,24,26). The van der Waals surface area contributed by atoms with Crippen LogP contribution in [0.4, 0.5) is 0 Å². The lowest BCUT2D eigenvalue weighted by Gasteiger charge is -2.18. The molecule has 4 heterocycles. The molecule has 28 heavy (non-hydrogen) atoms. The second-order valence-electron chi connectivity index (χ2n) is 7.26. The number of ether oxygens (including phenoxy) is 2. The van der Waals surface area contributed by atoms with Gasteiger partial charge in [0.05, 0.1) is 24.5 Å². The Kier molecular flexibility index (Phi) is 3.48. The van der Waals surface area contributed by atoms with Crippen molar-refractivity contribution in [3.8, 4) is 23.2 Å². The Labute approximate surface area is 159 Å². The van der Waals surface area contributed by atoms with E-state index < -0.39 is 0 Å². The number of fused-ring (bicyclic) bond motifs is 2.